The molecule has 5 nitrogen and oxygen atoms in total. The molecule has 0 unspecified atom stereocenters. The van der Waals surface area contributed by atoms with Gasteiger partial charge in [0.15, 0.2) is 0 Å². The molecule has 0 atom stereocenters. The van der Waals surface area contributed by atoms with E-state index in [0.29, 0.717) is 17.7 Å². The van der Waals surface area contributed by atoms with Crippen LogP contribution >= 0.6 is 0 Å². The summed E-state index contributed by atoms with van der Waals surface area (Å²) in [6.07, 6.45) is 3.49. The second-order valence-electron chi connectivity index (χ2n) is 6.10. The summed E-state index contributed by atoms with van der Waals surface area (Å²) >= 11 is 0. The number of aryl methyl sites for hydroxylation is 1. The van der Waals surface area contributed by atoms with Crippen LogP contribution in [0.2, 0.25) is 0 Å². The molecule has 1 N–H and O–H groups in total. The van der Waals surface area contributed by atoms with Crippen molar-refractivity contribution in [2.24, 2.45) is 0 Å². The lowest BCUT2D eigenvalue weighted by atomic mass is 10.0. The van der Waals surface area contributed by atoms with Crippen LogP contribution in [0.4, 0.5) is 0 Å². The van der Waals surface area contributed by atoms with Crippen molar-refractivity contribution in [1.82, 2.24) is 9.80 Å². The van der Waals surface area contributed by atoms with Crippen LogP contribution < -0.4 is 0 Å². The molecule has 27 heavy (non-hydrogen) atoms. The maximum atomic E-state index is 11.3. The van der Waals surface area contributed by atoms with Crippen molar-refractivity contribution >= 4 is 5.97 Å². The minimum atomic E-state index is -0.890. The third-order valence-electron chi connectivity index (χ3n) is 4.37. The number of carbonyl (C=O) groups is 1. The van der Waals surface area contributed by atoms with Gasteiger partial charge in [-0.05, 0) is 30.2 Å². The van der Waals surface area contributed by atoms with E-state index in [9.17, 15) is 9.90 Å². The molecule has 1 fully saturated rings. The van der Waals surface area contributed by atoms with Crippen LogP contribution in [0.15, 0.2) is 54.8 Å². The lowest BCUT2D eigenvalue weighted by Gasteiger charge is -2.37. The summed E-state index contributed by atoms with van der Waals surface area (Å²) in [7, 11) is 0. The van der Waals surface area contributed by atoms with Crippen molar-refractivity contribution < 1.29 is 9.90 Å². The smallest absolute Gasteiger partial charge is 0.335 e. The molecule has 2 rings (SSSR count). The van der Waals surface area contributed by atoms with Crippen LogP contribution in [-0.2, 0) is 6.54 Å². The molecule has 0 aliphatic carbocycles. The Hall–Kier alpha value is -2.84. The fourth-order valence-electron chi connectivity index (χ4n) is 2.97. The van der Waals surface area contributed by atoms with Crippen molar-refractivity contribution in [3.8, 4) is 6.07 Å². The van der Waals surface area contributed by atoms with E-state index in [1.165, 1.54) is 0 Å². The van der Waals surface area contributed by atoms with Gasteiger partial charge in [-0.25, -0.2) is 4.79 Å². The summed E-state index contributed by atoms with van der Waals surface area (Å²) in [5, 5.41) is 18.3. The van der Waals surface area contributed by atoms with Crippen LogP contribution in [0, 0.1) is 18.3 Å². The fraction of sp³-hybridized carbons (Fsp3) is 0.364. The highest BCUT2D eigenvalue weighted by molar-refractivity contribution is 5.89. The Morgan fingerprint density at radius 1 is 1.30 bits per heavy atom. The first-order valence-corrected chi connectivity index (χ1v) is 9.18. The molecule has 1 heterocycles. The molecule has 5 heteroatoms. The minimum Gasteiger partial charge on any atom is -0.478 e. The van der Waals surface area contributed by atoms with E-state index in [1.54, 1.807) is 12.1 Å². The number of carboxylic acids is 1. The van der Waals surface area contributed by atoms with Crippen molar-refractivity contribution in [1.29, 1.82) is 5.26 Å². The quantitative estimate of drug-likeness (QED) is 0.608. The van der Waals surface area contributed by atoms with E-state index >= 15 is 0 Å². The van der Waals surface area contributed by atoms with Crippen molar-refractivity contribution in [3.63, 3.8) is 0 Å². The van der Waals surface area contributed by atoms with E-state index < -0.39 is 5.97 Å². The summed E-state index contributed by atoms with van der Waals surface area (Å²) in [5.74, 6) is -0.890. The van der Waals surface area contributed by atoms with Gasteiger partial charge >= 0.3 is 5.97 Å². The average Bonchev–Trinajstić information content (AvgIpc) is 2.69. The predicted octanol–water partition coefficient (Wildman–Crippen LogP) is 3.99. The predicted molar refractivity (Wildman–Crippen MR) is 109 cm³/mol. The number of aromatic carboxylic acids is 1. The number of nitrogens with zero attached hydrogens (tertiary/aromatic N) is 3. The third kappa shape index (κ3) is 6.12. The minimum absolute atomic E-state index is 0.359. The van der Waals surface area contributed by atoms with Gasteiger partial charge in [0, 0.05) is 32.7 Å². The Labute approximate surface area is 162 Å². The molecule has 0 radical (unpaired) electrons. The first-order chi connectivity index (χ1) is 13.0. The SMILES string of the molecule is C=C/C=C(\C(=C)C#N)N1CCN(Cc2ccc(C)c(C(=O)O)c2)CC1.CC. The van der Waals surface area contributed by atoms with E-state index in [0.717, 1.165) is 43.0 Å². The molecule has 1 aromatic carbocycles. The Kier molecular flexibility index (Phi) is 9.04. The standard InChI is InChI=1S/C20H23N3O2.C2H6/c1-4-5-19(16(3)13-21)23-10-8-22(9-11-23)14-17-7-6-15(2)18(12-17)20(24)25;1-2/h4-7,12H,1,3,8-11,14H2,2H3,(H,24,25);1-2H3/b19-5+;. The normalized spacial score (nSPS) is 14.6. The lowest BCUT2D eigenvalue weighted by Crippen LogP contribution is -2.45. The zero-order chi connectivity index (χ0) is 20.4. The Balaban J connectivity index is 0.00000176. The Morgan fingerprint density at radius 2 is 1.93 bits per heavy atom. The second kappa shape index (κ2) is 11.0. The topological polar surface area (TPSA) is 67.6 Å². The van der Waals surface area contributed by atoms with Gasteiger partial charge in [-0.3, -0.25) is 4.90 Å². The molecule has 1 aromatic rings. The lowest BCUT2D eigenvalue weighted by molar-refractivity contribution is 0.0695. The molecular weight excluding hydrogens is 338 g/mol. The third-order valence-corrected chi connectivity index (χ3v) is 4.37. The molecule has 0 bridgehead atoms. The van der Waals surface area contributed by atoms with E-state index in [4.69, 9.17) is 5.26 Å². The van der Waals surface area contributed by atoms with Crippen LogP contribution in [0.5, 0.6) is 0 Å². The zero-order valence-electron chi connectivity index (χ0n) is 16.5. The molecule has 0 amide bonds. The number of piperazine rings is 1. The summed E-state index contributed by atoms with van der Waals surface area (Å²) in [5.41, 5.74) is 3.39. The van der Waals surface area contributed by atoms with Crippen LogP contribution in [-0.4, -0.2) is 47.1 Å². The number of hydrogen-bond donors (Lipinski definition) is 1. The number of hydrogen-bond acceptors (Lipinski definition) is 4. The maximum absolute atomic E-state index is 11.3. The number of carboxylic acid groups (broad SMARTS) is 1. The molecule has 0 saturated carbocycles. The molecule has 0 spiro atoms. The van der Waals surface area contributed by atoms with Gasteiger partial charge in [-0.1, -0.05) is 45.2 Å². The highest BCUT2D eigenvalue weighted by Crippen LogP contribution is 2.18. The highest BCUT2D eigenvalue weighted by Gasteiger charge is 2.20. The van der Waals surface area contributed by atoms with Crippen molar-refractivity contribution in [3.05, 3.63) is 71.5 Å². The van der Waals surface area contributed by atoms with Gasteiger partial charge in [0.2, 0.25) is 0 Å². The van der Waals surface area contributed by atoms with Gasteiger partial charge in [-0.2, -0.15) is 5.26 Å². The fourth-order valence-corrected chi connectivity index (χ4v) is 2.97. The van der Waals surface area contributed by atoms with Crippen LogP contribution in [0.1, 0.15) is 35.3 Å². The highest BCUT2D eigenvalue weighted by atomic mass is 16.4. The Bertz CT molecular complexity index is 751. The van der Waals surface area contributed by atoms with E-state index in [1.807, 2.05) is 39.0 Å². The second-order valence-corrected chi connectivity index (χ2v) is 6.10. The van der Waals surface area contributed by atoms with Crippen LogP contribution in [0.3, 0.4) is 0 Å². The Morgan fingerprint density at radius 3 is 2.44 bits per heavy atom. The number of nitriles is 1. The molecule has 1 saturated heterocycles. The number of rotatable bonds is 6. The van der Waals surface area contributed by atoms with Gasteiger partial charge < -0.3 is 10.0 Å². The molecular formula is C22H29N3O2. The molecule has 1 aliphatic heterocycles. The van der Waals surface area contributed by atoms with Crippen molar-refractivity contribution in [2.45, 2.75) is 27.3 Å². The molecule has 144 valence electrons. The monoisotopic (exact) mass is 367 g/mol. The summed E-state index contributed by atoms with van der Waals surface area (Å²) < 4.78 is 0. The van der Waals surface area contributed by atoms with Gasteiger partial charge in [-0.15, -0.1) is 0 Å². The molecule has 0 aromatic heterocycles. The number of benzene rings is 1. The van der Waals surface area contributed by atoms with Gasteiger partial charge in [0.25, 0.3) is 0 Å². The van der Waals surface area contributed by atoms with Crippen molar-refractivity contribution in [2.75, 3.05) is 26.2 Å². The van der Waals surface area contributed by atoms with Gasteiger partial charge in [0.1, 0.15) is 6.07 Å². The summed E-state index contributed by atoms with van der Waals surface area (Å²) in [4.78, 5) is 15.7. The summed E-state index contributed by atoms with van der Waals surface area (Å²) in [6.45, 7) is 17.3. The maximum Gasteiger partial charge on any atom is 0.335 e. The van der Waals surface area contributed by atoms with Crippen LogP contribution in [0.25, 0.3) is 0 Å². The first kappa shape index (κ1) is 22.2. The van der Waals surface area contributed by atoms with Gasteiger partial charge in [0.05, 0.1) is 16.8 Å². The number of allylic oxidation sites excluding steroid dienone is 3. The zero-order valence-corrected chi connectivity index (χ0v) is 16.5. The average molecular weight is 367 g/mol. The summed E-state index contributed by atoms with van der Waals surface area (Å²) in [6, 6.07) is 7.69. The first-order valence-electron chi connectivity index (χ1n) is 9.18. The largest absolute Gasteiger partial charge is 0.478 e. The van der Waals surface area contributed by atoms with E-state index in [-0.39, 0.29) is 0 Å². The molecule has 1 aliphatic rings. The van der Waals surface area contributed by atoms with E-state index in [2.05, 4.69) is 29.0 Å².